The van der Waals surface area contributed by atoms with E-state index in [1.54, 1.807) is 24.3 Å². The van der Waals surface area contributed by atoms with Crippen LogP contribution in [0, 0.1) is 5.92 Å². The number of carboxylic acids is 1. The Labute approximate surface area is 123 Å². The molecule has 1 heterocycles. The van der Waals surface area contributed by atoms with Crippen LogP contribution in [0.3, 0.4) is 0 Å². The largest absolute Gasteiger partial charge is 0.478 e. The standard InChI is InChI=1S/C13H18N2O5S/c1-9(2)7-14-21(18,19)15-8-12(13(16)17)20-11-6-4-3-5-10(11)15/h3-6,9,12,14H,7-8H2,1-2H3,(H,16,17). The van der Waals surface area contributed by atoms with Crippen LogP contribution in [-0.2, 0) is 15.0 Å². The molecule has 2 N–H and O–H groups in total. The molecule has 2 rings (SSSR count). The summed E-state index contributed by atoms with van der Waals surface area (Å²) < 4.78 is 33.6. The van der Waals surface area contributed by atoms with Crippen LogP contribution in [0.15, 0.2) is 24.3 Å². The number of anilines is 1. The van der Waals surface area contributed by atoms with Gasteiger partial charge in [0.15, 0.2) is 0 Å². The van der Waals surface area contributed by atoms with Crippen LogP contribution in [0.2, 0.25) is 0 Å². The zero-order valence-electron chi connectivity index (χ0n) is 11.8. The predicted molar refractivity (Wildman–Crippen MR) is 77.6 cm³/mol. The Balaban J connectivity index is 2.35. The van der Waals surface area contributed by atoms with E-state index in [-0.39, 0.29) is 24.8 Å². The maximum atomic E-state index is 12.4. The number of aliphatic carboxylic acids is 1. The molecule has 1 unspecified atom stereocenters. The minimum atomic E-state index is -3.82. The van der Waals surface area contributed by atoms with Gasteiger partial charge in [0.05, 0.1) is 12.2 Å². The van der Waals surface area contributed by atoms with Gasteiger partial charge in [0.1, 0.15) is 5.75 Å². The molecule has 1 aliphatic heterocycles. The molecule has 1 atom stereocenters. The third-order valence-corrected chi connectivity index (χ3v) is 4.43. The Kier molecular flexibility index (Phi) is 4.38. The lowest BCUT2D eigenvalue weighted by Gasteiger charge is -2.33. The fourth-order valence-electron chi connectivity index (χ4n) is 1.91. The lowest BCUT2D eigenvalue weighted by atomic mass is 10.2. The van der Waals surface area contributed by atoms with Crippen LogP contribution in [0.4, 0.5) is 5.69 Å². The van der Waals surface area contributed by atoms with Gasteiger partial charge < -0.3 is 9.84 Å². The molecule has 0 saturated heterocycles. The molecule has 7 nitrogen and oxygen atoms in total. The summed E-state index contributed by atoms with van der Waals surface area (Å²) in [6, 6.07) is 6.47. The van der Waals surface area contributed by atoms with E-state index in [4.69, 9.17) is 9.84 Å². The number of hydrogen-bond donors (Lipinski definition) is 2. The van der Waals surface area contributed by atoms with Crippen molar-refractivity contribution < 1.29 is 23.1 Å². The zero-order chi connectivity index (χ0) is 15.6. The van der Waals surface area contributed by atoms with E-state index in [0.717, 1.165) is 4.31 Å². The van der Waals surface area contributed by atoms with Crippen molar-refractivity contribution in [1.29, 1.82) is 0 Å². The fourth-order valence-corrected chi connectivity index (χ4v) is 3.35. The number of rotatable bonds is 5. The first-order valence-electron chi connectivity index (χ1n) is 6.57. The van der Waals surface area contributed by atoms with Crippen molar-refractivity contribution in [2.24, 2.45) is 5.92 Å². The summed E-state index contributed by atoms with van der Waals surface area (Å²) in [6.45, 7) is 3.78. The number of nitrogens with one attached hydrogen (secondary N) is 1. The van der Waals surface area contributed by atoms with Crippen LogP contribution in [0.1, 0.15) is 13.8 Å². The maximum absolute atomic E-state index is 12.4. The van der Waals surface area contributed by atoms with Crippen molar-refractivity contribution in [3.05, 3.63) is 24.3 Å². The molecule has 1 aliphatic rings. The van der Waals surface area contributed by atoms with E-state index in [2.05, 4.69) is 4.72 Å². The van der Waals surface area contributed by atoms with Gasteiger partial charge in [-0.05, 0) is 18.1 Å². The second-order valence-electron chi connectivity index (χ2n) is 5.19. The van der Waals surface area contributed by atoms with Crippen LogP contribution in [0.5, 0.6) is 5.75 Å². The van der Waals surface area contributed by atoms with Gasteiger partial charge >= 0.3 is 16.2 Å². The van der Waals surface area contributed by atoms with Crippen LogP contribution < -0.4 is 13.8 Å². The van der Waals surface area contributed by atoms with E-state index < -0.39 is 22.3 Å². The van der Waals surface area contributed by atoms with Gasteiger partial charge in [-0.2, -0.15) is 13.1 Å². The molecule has 0 fully saturated rings. The first-order chi connectivity index (χ1) is 9.81. The summed E-state index contributed by atoms with van der Waals surface area (Å²) >= 11 is 0. The van der Waals surface area contributed by atoms with Gasteiger partial charge in [0.2, 0.25) is 6.10 Å². The number of para-hydroxylation sites is 2. The number of carboxylic acid groups (broad SMARTS) is 1. The lowest BCUT2D eigenvalue weighted by Crippen LogP contribution is -2.51. The third-order valence-electron chi connectivity index (χ3n) is 2.97. The third kappa shape index (κ3) is 3.45. The number of nitrogens with zero attached hydrogens (tertiary/aromatic N) is 1. The molecule has 0 bridgehead atoms. The molecule has 0 amide bonds. The van der Waals surface area contributed by atoms with E-state index in [0.29, 0.717) is 5.69 Å². The summed E-state index contributed by atoms with van der Waals surface area (Å²) in [4.78, 5) is 11.1. The summed E-state index contributed by atoms with van der Waals surface area (Å²) in [5, 5.41) is 9.10. The van der Waals surface area contributed by atoms with Gasteiger partial charge in [-0.25, -0.2) is 9.10 Å². The molecule has 0 aliphatic carbocycles. The molecule has 0 radical (unpaired) electrons. The van der Waals surface area contributed by atoms with Crippen molar-refractivity contribution in [3.8, 4) is 5.75 Å². The van der Waals surface area contributed by atoms with Crippen molar-refractivity contribution >= 4 is 21.9 Å². The molecule has 0 spiro atoms. The quantitative estimate of drug-likeness (QED) is 0.839. The normalized spacial score (nSPS) is 18.2. The molecule has 1 aromatic rings. The van der Waals surface area contributed by atoms with Gasteiger partial charge in [0, 0.05) is 6.54 Å². The Hall–Kier alpha value is -1.80. The van der Waals surface area contributed by atoms with Gasteiger partial charge in [-0.15, -0.1) is 0 Å². The number of benzene rings is 1. The number of carbonyl (C=O) groups is 1. The van der Waals surface area contributed by atoms with Gasteiger partial charge in [0.25, 0.3) is 0 Å². The average Bonchev–Trinajstić information content (AvgIpc) is 2.44. The number of ether oxygens (including phenoxy) is 1. The first kappa shape index (κ1) is 15.6. The summed E-state index contributed by atoms with van der Waals surface area (Å²) in [5.41, 5.74) is 0.339. The highest BCUT2D eigenvalue weighted by atomic mass is 32.2. The average molecular weight is 314 g/mol. The van der Waals surface area contributed by atoms with E-state index in [9.17, 15) is 13.2 Å². The van der Waals surface area contributed by atoms with E-state index >= 15 is 0 Å². The second kappa shape index (κ2) is 5.90. The van der Waals surface area contributed by atoms with Crippen molar-refractivity contribution in [1.82, 2.24) is 4.72 Å². The van der Waals surface area contributed by atoms with Crippen LogP contribution >= 0.6 is 0 Å². The minimum absolute atomic E-state index is 0.145. The summed E-state index contributed by atoms with van der Waals surface area (Å²) in [6.07, 6.45) is -1.23. The summed E-state index contributed by atoms with van der Waals surface area (Å²) in [5.74, 6) is -0.814. The SMILES string of the molecule is CC(C)CNS(=O)(=O)N1CC(C(=O)O)Oc2ccccc21. The molecule has 0 aromatic heterocycles. The highest BCUT2D eigenvalue weighted by Crippen LogP contribution is 2.34. The van der Waals surface area contributed by atoms with Crippen LogP contribution in [-0.4, -0.2) is 38.7 Å². The topological polar surface area (TPSA) is 95.9 Å². The number of hydrogen-bond acceptors (Lipinski definition) is 4. The Bertz CT molecular complexity index is 629. The van der Waals surface area contributed by atoms with Crippen LogP contribution in [0.25, 0.3) is 0 Å². The minimum Gasteiger partial charge on any atom is -0.478 e. The fraction of sp³-hybridized carbons (Fsp3) is 0.462. The Morgan fingerprint density at radius 1 is 1.48 bits per heavy atom. The summed E-state index contributed by atoms with van der Waals surface area (Å²) in [7, 11) is -3.82. The predicted octanol–water partition coefficient (Wildman–Crippen LogP) is 0.829. The molecule has 1 aromatic carbocycles. The monoisotopic (exact) mass is 314 g/mol. The van der Waals surface area contributed by atoms with Crippen molar-refractivity contribution in [3.63, 3.8) is 0 Å². The molecule has 116 valence electrons. The van der Waals surface area contributed by atoms with Crippen molar-refractivity contribution in [2.75, 3.05) is 17.4 Å². The second-order valence-corrected chi connectivity index (χ2v) is 6.87. The van der Waals surface area contributed by atoms with Gasteiger partial charge in [-0.3, -0.25) is 0 Å². The highest BCUT2D eigenvalue weighted by molar-refractivity contribution is 7.90. The van der Waals surface area contributed by atoms with E-state index in [1.807, 2.05) is 13.8 Å². The Morgan fingerprint density at radius 2 is 2.14 bits per heavy atom. The number of fused-ring (bicyclic) bond motifs is 1. The van der Waals surface area contributed by atoms with Crippen molar-refractivity contribution in [2.45, 2.75) is 20.0 Å². The smallest absolute Gasteiger partial charge is 0.346 e. The lowest BCUT2D eigenvalue weighted by molar-refractivity contribution is -0.144. The zero-order valence-corrected chi connectivity index (χ0v) is 12.6. The maximum Gasteiger partial charge on any atom is 0.346 e. The molecule has 0 saturated carbocycles. The molecule has 8 heteroatoms. The first-order valence-corrected chi connectivity index (χ1v) is 8.01. The highest BCUT2D eigenvalue weighted by Gasteiger charge is 2.36. The molecule has 21 heavy (non-hydrogen) atoms. The molecular formula is C13H18N2O5S. The molecular weight excluding hydrogens is 296 g/mol. The van der Waals surface area contributed by atoms with E-state index in [1.165, 1.54) is 0 Å². The Morgan fingerprint density at radius 3 is 2.76 bits per heavy atom. The van der Waals surface area contributed by atoms with Gasteiger partial charge in [-0.1, -0.05) is 26.0 Å².